The summed E-state index contributed by atoms with van der Waals surface area (Å²) in [6, 6.07) is 61.9. The Morgan fingerprint density at radius 1 is 0.320 bits per heavy atom. The third kappa shape index (κ3) is 4.00. The molecule has 11 rings (SSSR count). The molecule has 0 atom stereocenters. The molecule has 0 N–H and O–H groups in total. The van der Waals surface area contributed by atoms with Crippen molar-refractivity contribution < 1.29 is 4.42 Å². The first-order valence-electron chi connectivity index (χ1n) is 17.1. The maximum Gasteiger partial charge on any atom is 0.136 e. The molecule has 2 heteroatoms. The molecule has 0 aliphatic heterocycles. The van der Waals surface area contributed by atoms with E-state index in [2.05, 4.69) is 164 Å². The molecule has 1 nitrogen and oxygen atoms in total. The van der Waals surface area contributed by atoms with Crippen LogP contribution in [0.25, 0.3) is 108 Å². The Kier molecular flexibility index (Phi) is 5.89. The highest BCUT2D eigenvalue weighted by molar-refractivity contribution is 7.25. The molecule has 0 aliphatic carbocycles. The molecule has 0 radical (unpaired) electrons. The molecule has 50 heavy (non-hydrogen) atoms. The Morgan fingerprint density at radius 2 is 0.820 bits per heavy atom. The highest BCUT2D eigenvalue weighted by Crippen LogP contribution is 2.46. The van der Waals surface area contributed by atoms with Gasteiger partial charge in [0.05, 0.1) is 0 Å². The first-order chi connectivity index (χ1) is 24.8. The smallest absolute Gasteiger partial charge is 0.136 e. The van der Waals surface area contributed by atoms with E-state index >= 15 is 0 Å². The van der Waals surface area contributed by atoms with E-state index in [1.807, 2.05) is 17.4 Å². The van der Waals surface area contributed by atoms with E-state index in [1.54, 1.807) is 0 Å². The van der Waals surface area contributed by atoms with E-state index in [-0.39, 0.29) is 0 Å². The van der Waals surface area contributed by atoms with Gasteiger partial charge in [0.2, 0.25) is 0 Å². The van der Waals surface area contributed by atoms with Crippen LogP contribution in [0.5, 0.6) is 0 Å². The molecule has 0 spiro atoms. The standard InChI is InChI=1S/C48H28OS/c1-2-12-29(13-3-1)46-36-16-6-8-18-38(36)47(39-19-9-7-17-37(39)46)31-23-25-34-33-24-22-30(26-44(33)50-45(34)27-31)41-28-43-48(35-15-5-4-14-32(35)41)40-20-10-11-21-42(40)49-43/h1-28H. The number of hydrogen-bond acceptors (Lipinski definition) is 2. The van der Waals surface area contributed by atoms with Gasteiger partial charge in [-0.05, 0) is 90.0 Å². The van der Waals surface area contributed by atoms with Crippen molar-refractivity contribution in [3.05, 3.63) is 170 Å². The van der Waals surface area contributed by atoms with Crippen molar-refractivity contribution in [3.63, 3.8) is 0 Å². The van der Waals surface area contributed by atoms with Crippen molar-refractivity contribution in [2.75, 3.05) is 0 Å². The molecule has 0 unspecified atom stereocenters. The highest BCUT2D eigenvalue weighted by atomic mass is 32.1. The predicted molar refractivity (Wildman–Crippen MR) is 215 cm³/mol. The van der Waals surface area contributed by atoms with Gasteiger partial charge >= 0.3 is 0 Å². The summed E-state index contributed by atoms with van der Waals surface area (Å²) in [5, 5.41) is 12.5. The number of furan rings is 1. The van der Waals surface area contributed by atoms with Crippen LogP contribution in [-0.2, 0) is 0 Å². The molecule has 0 saturated heterocycles. The zero-order valence-electron chi connectivity index (χ0n) is 27.0. The van der Waals surface area contributed by atoms with Gasteiger partial charge in [-0.15, -0.1) is 11.3 Å². The fraction of sp³-hybridized carbons (Fsp3) is 0. The molecule has 2 aromatic heterocycles. The summed E-state index contributed by atoms with van der Waals surface area (Å²) in [6.45, 7) is 0. The Labute approximate surface area is 292 Å². The van der Waals surface area contributed by atoms with Crippen LogP contribution >= 0.6 is 11.3 Å². The Morgan fingerprint density at radius 3 is 1.48 bits per heavy atom. The lowest BCUT2D eigenvalue weighted by atomic mass is 9.86. The lowest BCUT2D eigenvalue weighted by Gasteiger charge is -2.17. The highest BCUT2D eigenvalue weighted by Gasteiger charge is 2.19. The second kappa shape index (κ2) is 10.6. The summed E-state index contributed by atoms with van der Waals surface area (Å²) in [5.74, 6) is 0. The van der Waals surface area contributed by atoms with Gasteiger partial charge in [0.1, 0.15) is 11.2 Å². The van der Waals surface area contributed by atoms with Crippen LogP contribution in [0.1, 0.15) is 0 Å². The third-order valence-corrected chi connectivity index (χ3v) is 11.6. The summed E-state index contributed by atoms with van der Waals surface area (Å²) in [7, 11) is 0. The van der Waals surface area contributed by atoms with Gasteiger partial charge in [-0.1, -0.05) is 146 Å². The molecule has 0 bridgehead atoms. The van der Waals surface area contributed by atoms with Gasteiger partial charge in [0.25, 0.3) is 0 Å². The summed E-state index contributed by atoms with van der Waals surface area (Å²) >= 11 is 1.88. The fourth-order valence-electron chi connectivity index (χ4n) is 8.28. The average Bonchev–Trinajstić information content (AvgIpc) is 3.74. The van der Waals surface area contributed by atoms with Crippen molar-refractivity contribution in [2.24, 2.45) is 0 Å². The van der Waals surface area contributed by atoms with Crippen LogP contribution in [0.2, 0.25) is 0 Å². The molecule has 2 heterocycles. The Hall–Kier alpha value is -6.22. The van der Waals surface area contributed by atoms with Crippen molar-refractivity contribution >= 4 is 85.8 Å². The van der Waals surface area contributed by atoms with Crippen LogP contribution in [0, 0.1) is 0 Å². The second-order valence-corrected chi connectivity index (χ2v) is 14.3. The van der Waals surface area contributed by atoms with Gasteiger partial charge in [-0.25, -0.2) is 0 Å². The quantitative estimate of drug-likeness (QED) is 0.173. The number of hydrogen-bond donors (Lipinski definition) is 0. The molecule has 232 valence electrons. The maximum atomic E-state index is 6.41. The number of para-hydroxylation sites is 1. The zero-order chi connectivity index (χ0) is 32.8. The van der Waals surface area contributed by atoms with Gasteiger partial charge in [0.15, 0.2) is 0 Å². The van der Waals surface area contributed by atoms with E-state index < -0.39 is 0 Å². The predicted octanol–water partition coefficient (Wildman–Crippen LogP) is 14.4. The summed E-state index contributed by atoms with van der Waals surface area (Å²) in [5.41, 5.74) is 9.34. The first-order valence-corrected chi connectivity index (χ1v) is 17.9. The van der Waals surface area contributed by atoms with E-state index in [0.717, 1.165) is 16.6 Å². The van der Waals surface area contributed by atoms with E-state index in [4.69, 9.17) is 4.42 Å². The number of rotatable bonds is 3. The number of benzene rings is 9. The van der Waals surface area contributed by atoms with Crippen molar-refractivity contribution in [2.45, 2.75) is 0 Å². The van der Waals surface area contributed by atoms with Gasteiger partial charge in [-0.2, -0.15) is 0 Å². The van der Waals surface area contributed by atoms with Crippen LogP contribution in [-0.4, -0.2) is 0 Å². The third-order valence-electron chi connectivity index (χ3n) is 10.5. The molecule has 11 aromatic rings. The summed E-state index contributed by atoms with van der Waals surface area (Å²) in [4.78, 5) is 0. The maximum absolute atomic E-state index is 6.41. The summed E-state index contributed by atoms with van der Waals surface area (Å²) in [6.07, 6.45) is 0. The lowest BCUT2D eigenvalue weighted by Crippen LogP contribution is -1.90. The zero-order valence-corrected chi connectivity index (χ0v) is 27.8. The minimum atomic E-state index is 0.927. The van der Waals surface area contributed by atoms with E-state index in [0.29, 0.717) is 0 Å². The van der Waals surface area contributed by atoms with E-state index in [1.165, 1.54) is 91.3 Å². The molecule has 0 aliphatic rings. The van der Waals surface area contributed by atoms with Gasteiger partial charge in [0, 0.05) is 30.9 Å². The Balaban J connectivity index is 1.11. The van der Waals surface area contributed by atoms with E-state index in [9.17, 15) is 0 Å². The average molecular weight is 653 g/mol. The van der Waals surface area contributed by atoms with Crippen LogP contribution in [0.15, 0.2) is 174 Å². The van der Waals surface area contributed by atoms with Crippen LogP contribution in [0.3, 0.4) is 0 Å². The van der Waals surface area contributed by atoms with Crippen LogP contribution < -0.4 is 0 Å². The SMILES string of the molecule is c1ccc(-c2c3ccccc3c(-c3ccc4c(c3)sc3cc(-c5cc6oc7ccccc7c6c6ccccc56)ccc34)c3ccccc23)cc1. The second-order valence-electron chi connectivity index (χ2n) is 13.2. The summed E-state index contributed by atoms with van der Waals surface area (Å²) < 4.78 is 9.00. The minimum Gasteiger partial charge on any atom is -0.456 e. The molecular formula is C48H28OS. The molecule has 0 saturated carbocycles. The number of thiophene rings is 1. The van der Waals surface area contributed by atoms with Crippen molar-refractivity contribution in [1.82, 2.24) is 0 Å². The van der Waals surface area contributed by atoms with Crippen LogP contribution in [0.4, 0.5) is 0 Å². The largest absolute Gasteiger partial charge is 0.456 e. The molecule has 9 aromatic carbocycles. The van der Waals surface area contributed by atoms with Crippen molar-refractivity contribution in [3.8, 4) is 33.4 Å². The first kappa shape index (κ1) is 27.7. The van der Waals surface area contributed by atoms with Gasteiger partial charge < -0.3 is 4.42 Å². The minimum absolute atomic E-state index is 0.927. The monoisotopic (exact) mass is 652 g/mol. The lowest BCUT2D eigenvalue weighted by molar-refractivity contribution is 0.669. The molecular weight excluding hydrogens is 625 g/mol. The Bertz CT molecular complexity index is 3090. The molecule has 0 amide bonds. The number of fused-ring (bicyclic) bond motifs is 10. The van der Waals surface area contributed by atoms with Crippen molar-refractivity contribution in [1.29, 1.82) is 0 Å². The normalized spacial score (nSPS) is 12.0. The topological polar surface area (TPSA) is 13.1 Å². The molecule has 0 fully saturated rings. The fourth-order valence-corrected chi connectivity index (χ4v) is 9.47. The van der Waals surface area contributed by atoms with Gasteiger partial charge in [-0.3, -0.25) is 0 Å².